The van der Waals surface area contributed by atoms with Crippen molar-refractivity contribution in [3.8, 4) is 0 Å². The Balaban J connectivity index is 0. The summed E-state index contributed by atoms with van der Waals surface area (Å²) in [6.45, 7) is 2.70. The van der Waals surface area contributed by atoms with Gasteiger partial charge in [-0.3, -0.25) is 0 Å². The number of aliphatic hydroxyl groups is 1. The minimum absolute atomic E-state index is 0. The van der Waals surface area contributed by atoms with E-state index in [9.17, 15) is 0 Å². The van der Waals surface area contributed by atoms with Gasteiger partial charge in [0.05, 0.1) is 0 Å². The van der Waals surface area contributed by atoms with Gasteiger partial charge in [-0.25, -0.2) is 0 Å². The molecule has 70 valence electrons. The quantitative estimate of drug-likeness (QED) is 0.563. The molecule has 11 heavy (non-hydrogen) atoms. The minimum atomic E-state index is 0. The van der Waals surface area contributed by atoms with E-state index < -0.39 is 0 Å². The van der Waals surface area contributed by atoms with Crippen LogP contribution in [-0.4, -0.2) is 38.5 Å². The third kappa shape index (κ3) is 13.2. The van der Waals surface area contributed by atoms with Crippen molar-refractivity contribution in [2.24, 2.45) is 0 Å². The first-order chi connectivity index (χ1) is 4.91. The van der Waals surface area contributed by atoms with E-state index in [1.165, 1.54) is 0 Å². The van der Waals surface area contributed by atoms with E-state index in [1.807, 2.05) is 7.05 Å². The van der Waals surface area contributed by atoms with E-state index in [2.05, 4.69) is 5.32 Å². The van der Waals surface area contributed by atoms with Crippen molar-refractivity contribution in [3.05, 3.63) is 0 Å². The second-order valence-electron chi connectivity index (χ2n) is 2.15. The Kier molecular flexibility index (Phi) is 16.0. The van der Waals surface area contributed by atoms with Crippen LogP contribution in [0.15, 0.2) is 0 Å². The van der Waals surface area contributed by atoms with Crippen LogP contribution in [0.2, 0.25) is 0 Å². The molecule has 0 aromatic carbocycles. The summed E-state index contributed by atoms with van der Waals surface area (Å²) in [7, 11) is 1.92. The third-order valence-electron chi connectivity index (χ3n) is 1.16. The summed E-state index contributed by atoms with van der Waals surface area (Å²) in [5.41, 5.74) is 0. The fourth-order valence-electron chi connectivity index (χ4n) is 0.620. The van der Waals surface area contributed by atoms with Gasteiger partial charge in [0.25, 0.3) is 0 Å². The van der Waals surface area contributed by atoms with E-state index in [-0.39, 0.29) is 19.0 Å². The van der Waals surface area contributed by atoms with Crippen molar-refractivity contribution in [3.63, 3.8) is 0 Å². The molecule has 0 aliphatic carbocycles. The molecule has 0 saturated carbocycles. The minimum Gasteiger partial charge on any atom is -0.396 e. The van der Waals surface area contributed by atoms with Gasteiger partial charge in [0, 0.05) is 19.8 Å². The largest absolute Gasteiger partial charge is 0.396 e. The van der Waals surface area contributed by atoms with Crippen LogP contribution < -0.4 is 5.32 Å². The van der Waals surface area contributed by atoms with Crippen molar-refractivity contribution >= 4 is 12.4 Å². The van der Waals surface area contributed by atoms with E-state index in [1.54, 1.807) is 0 Å². The topological polar surface area (TPSA) is 41.5 Å². The van der Waals surface area contributed by atoms with E-state index >= 15 is 0 Å². The summed E-state index contributed by atoms with van der Waals surface area (Å²) in [5, 5.41) is 11.4. The lowest BCUT2D eigenvalue weighted by atomic mass is 10.4. The zero-order valence-electron chi connectivity index (χ0n) is 7.01. The lowest BCUT2D eigenvalue weighted by Crippen LogP contribution is -2.10. The van der Waals surface area contributed by atoms with Crippen molar-refractivity contribution in [1.29, 1.82) is 0 Å². The standard InChI is InChI=1S/C7H17NO2.ClH/c1-8-4-2-6-10-7-3-5-9;/h8-9H,2-7H2,1H3;1H. The predicted octanol–water partition coefficient (Wildman–Crippen LogP) is 0.417. The van der Waals surface area contributed by atoms with E-state index in [0.717, 1.165) is 26.0 Å². The molecule has 0 spiro atoms. The fourth-order valence-corrected chi connectivity index (χ4v) is 0.620. The number of ether oxygens (including phenoxy) is 1. The smallest absolute Gasteiger partial charge is 0.0487 e. The van der Waals surface area contributed by atoms with Gasteiger partial charge in [-0.1, -0.05) is 0 Å². The number of aliphatic hydroxyl groups excluding tert-OH is 1. The van der Waals surface area contributed by atoms with Crippen molar-refractivity contribution in [2.75, 3.05) is 33.4 Å². The number of hydrogen-bond acceptors (Lipinski definition) is 3. The summed E-state index contributed by atoms with van der Waals surface area (Å²) in [6, 6.07) is 0. The zero-order chi connectivity index (χ0) is 7.66. The van der Waals surface area contributed by atoms with Crippen LogP contribution in [0, 0.1) is 0 Å². The van der Waals surface area contributed by atoms with Gasteiger partial charge in [0.15, 0.2) is 0 Å². The number of nitrogens with one attached hydrogen (secondary N) is 1. The van der Waals surface area contributed by atoms with Crippen LogP contribution in [0.25, 0.3) is 0 Å². The average Bonchev–Trinajstić information content (AvgIpc) is 1.97. The molecule has 0 aromatic heterocycles. The maximum Gasteiger partial charge on any atom is 0.0487 e. The van der Waals surface area contributed by atoms with Gasteiger partial charge in [-0.2, -0.15) is 0 Å². The molecule has 0 atom stereocenters. The Bertz CT molecular complexity index is 56.4. The van der Waals surface area contributed by atoms with Gasteiger partial charge < -0.3 is 15.2 Å². The summed E-state index contributed by atoms with van der Waals surface area (Å²) in [4.78, 5) is 0. The molecule has 0 saturated heterocycles. The van der Waals surface area contributed by atoms with Crippen molar-refractivity contribution in [2.45, 2.75) is 12.8 Å². The lowest BCUT2D eigenvalue weighted by Gasteiger charge is -2.01. The molecule has 0 aromatic rings. The van der Waals surface area contributed by atoms with Gasteiger partial charge >= 0.3 is 0 Å². The molecular weight excluding hydrogens is 166 g/mol. The molecule has 0 rings (SSSR count). The number of rotatable bonds is 7. The second-order valence-corrected chi connectivity index (χ2v) is 2.15. The molecule has 0 unspecified atom stereocenters. The van der Waals surface area contributed by atoms with Crippen LogP contribution in [0.5, 0.6) is 0 Å². The molecule has 0 bridgehead atoms. The summed E-state index contributed by atoms with van der Waals surface area (Å²) >= 11 is 0. The molecule has 0 fully saturated rings. The Morgan fingerprint density at radius 1 is 1.27 bits per heavy atom. The predicted molar refractivity (Wildman–Crippen MR) is 48.3 cm³/mol. The van der Waals surface area contributed by atoms with Crippen molar-refractivity contribution < 1.29 is 9.84 Å². The second kappa shape index (κ2) is 12.8. The first kappa shape index (κ1) is 13.7. The zero-order valence-corrected chi connectivity index (χ0v) is 7.82. The van der Waals surface area contributed by atoms with Gasteiger partial charge in [-0.05, 0) is 26.4 Å². The van der Waals surface area contributed by atoms with E-state index in [0.29, 0.717) is 6.61 Å². The van der Waals surface area contributed by atoms with Gasteiger partial charge in [0.1, 0.15) is 0 Å². The first-order valence-electron chi connectivity index (χ1n) is 3.75. The maximum atomic E-state index is 8.38. The monoisotopic (exact) mass is 183 g/mol. The maximum absolute atomic E-state index is 8.38. The van der Waals surface area contributed by atoms with Crippen LogP contribution >= 0.6 is 12.4 Å². The van der Waals surface area contributed by atoms with Gasteiger partial charge in [-0.15, -0.1) is 12.4 Å². The highest BCUT2D eigenvalue weighted by atomic mass is 35.5. The number of halogens is 1. The molecule has 0 radical (unpaired) electrons. The highest BCUT2D eigenvalue weighted by molar-refractivity contribution is 5.85. The molecule has 3 nitrogen and oxygen atoms in total. The Morgan fingerprint density at radius 2 is 1.91 bits per heavy atom. The van der Waals surface area contributed by atoms with Crippen LogP contribution in [0.4, 0.5) is 0 Å². The molecule has 4 heteroatoms. The molecular formula is C7H18ClNO2. The molecule has 0 amide bonds. The van der Waals surface area contributed by atoms with Crippen LogP contribution in [-0.2, 0) is 4.74 Å². The van der Waals surface area contributed by atoms with Crippen LogP contribution in [0.3, 0.4) is 0 Å². The fraction of sp³-hybridized carbons (Fsp3) is 1.00. The highest BCUT2D eigenvalue weighted by Gasteiger charge is 1.86. The molecule has 0 heterocycles. The molecule has 0 aliphatic heterocycles. The summed E-state index contributed by atoms with van der Waals surface area (Å²) < 4.78 is 5.18. The third-order valence-corrected chi connectivity index (χ3v) is 1.16. The Labute approximate surface area is 74.5 Å². The summed E-state index contributed by atoms with van der Waals surface area (Å²) in [5.74, 6) is 0. The number of hydrogen-bond donors (Lipinski definition) is 2. The molecule has 2 N–H and O–H groups in total. The highest BCUT2D eigenvalue weighted by Crippen LogP contribution is 1.83. The van der Waals surface area contributed by atoms with Gasteiger partial charge in [0.2, 0.25) is 0 Å². The van der Waals surface area contributed by atoms with Crippen LogP contribution in [0.1, 0.15) is 12.8 Å². The van der Waals surface area contributed by atoms with E-state index in [4.69, 9.17) is 9.84 Å². The Morgan fingerprint density at radius 3 is 2.45 bits per heavy atom. The van der Waals surface area contributed by atoms with Crippen molar-refractivity contribution in [1.82, 2.24) is 5.32 Å². The molecule has 0 aliphatic rings. The first-order valence-corrected chi connectivity index (χ1v) is 3.75. The summed E-state index contributed by atoms with van der Waals surface area (Å²) in [6.07, 6.45) is 1.79. The Hall–Kier alpha value is 0.170. The lowest BCUT2D eigenvalue weighted by molar-refractivity contribution is 0.114. The SMILES string of the molecule is CNCCCOCCCO.Cl. The average molecular weight is 184 g/mol. The normalized spacial score (nSPS) is 9.27.